The van der Waals surface area contributed by atoms with Crippen molar-refractivity contribution < 1.29 is 18.8 Å². The van der Waals surface area contributed by atoms with Crippen molar-refractivity contribution in [3.8, 4) is 11.3 Å². The first kappa shape index (κ1) is 14.7. The molecule has 1 aliphatic rings. The normalized spacial score (nSPS) is 18.5. The van der Waals surface area contributed by atoms with Gasteiger partial charge in [-0.25, -0.2) is 4.39 Å². The number of piperidine rings is 1. The predicted molar refractivity (Wildman–Crippen MR) is 77.6 cm³/mol. The first-order chi connectivity index (χ1) is 10.7. The van der Waals surface area contributed by atoms with E-state index >= 15 is 0 Å². The van der Waals surface area contributed by atoms with E-state index in [1.807, 2.05) is 0 Å². The van der Waals surface area contributed by atoms with Crippen molar-refractivity contribution in [1.29, 1.82) is 0 Å². The minimum absolute atomic E-state index is 0.0867. The van der Waals surface area contributed by atoms with E-state index in [-0.39, 0.29) is 29.9 Å². The van der Waals surface area contributed by atoms with Gasteiger partial charge >= 0.3 is 0 Å². The lowest BCUT2D eigenvalue weighted by Crippen LogP contribution is -2.41. The molecule has 0 radical (unpaired) electrons. The number of nitrogens with zero attached hydrogens (tertiary/aromatic N) is 2. The van der Waals surface area contributed by atoms with Gasteiger partial charge in [-0.1, -0.05) is 5.16 Å². The summed E-state index contributed by atoms with van der Waals surface area (Å²) in [6.45, 7) is 1.28. The zero-order chi connectivity index (χ0) is 15.5. The van der Waals surface area contributed by atoms with E-state index in [0.29, 0.717) is 24.4 Å². The van der Waals surface area contributed by atoms with E-state index in [1.165, 1.54) is 12.1 Å². The highest BCUT2D eigenvalue weighted by molar-refractivity contribution is 5.93. The van der Waals surface area contributed by atoms with Gasteiger partial charge in [-0.15, -0.1) is 0 Å². The van der Waals surface area contributed by atoms with Crippen LogP contribution < -0.4 is 0 Å². The van der Waals surface area contributed by atoms with Crippen LogP contribution in [0.3, 0.4) is 0 Å². The van der Waals surface area contributed by atoms with Crippen LogP contribution in [-0.2, 0) is 0 Å². The summed E-state index contributed by atoms with van der Waals surface area (Å²) in [6.07, 6.45) is 1.81. The van der Waals surface area contributed by atoms with Crippen LogP contribution in [-0.4, -0.2) is 40.8 Å². The molecule has 1 aliphatic heterocycles. The summed E-state index contributed by atoms with van der Waals surface area (Å²) in [4.78, 5) is 14.1. The molecule has 1 amide bonds. The van der Waals surface area contributed by atoms with E-state index in [0.717, 1.165) is 12.8 Å². The standard InChI is InChI=1S/C16H17FN2O3/c17-13-5-3-12(4-6-13)15-8-14(18-22-15)16(21)19-7-1-2-11(9-19)10-20/h3-6,8,11,20H,1-2,7,9-10H2. The molecule has 1 aromatic heterocycles. The summed E-state index contributed by atoms with van der Waals surface area (Å²) in [7, 11) is 0. The molecular formula is C16H17FN2O3. The lowest BCUT2D eigenvalue weighted by molar-refractivity contribution is 0.0611. The van der Waals surface area contributed by atoms with Crippen LogP contribution >= 0.6 is 0 Å². The maximum absolute atomic E-state index is 12.9. The van der Waals surface area contributed by atoms with Crippen molar-refractivity contribution >= 4 is 5.91 Å². The third-order valence-corrected chi connectivity index (χ3v) is 3.92. The van der Waals surface area contributed by atoms with Crippen molar-refractivity contribution in [3.63, 3.8) is 0 Å². The van der Waals surface area contributed by atoms with Gasteiger partial charge in [0.15, 0.2) is 11.5 Å². The summed E-state index contributed by atoms with van der Waals surface area (Å²) in [5.74, 6) is 0.0263. The monoisotopic (exact) mass is 304 g/mol. The molecular weight excluding hydrogens is 287 g/mol. The first-order valence-electron chi connectivity index (χ1n) is 7.30. The summed E-state index contributed by atoms with van der Waals surface area (Å²) < 4.78 is 18.1. The molecule has 0 aliphatic carbocycles. The van der Waals surface area contributed by atoms with Crippen LogP contribution in [0.4, 0.5) is 4.39 Å². The van der Waals surface area contributed by atoms with Crippen molar-refractivity contribution in [2.45, 2.75) is 12.8 Å². The molecule has 0 spiro atoms. The number of carbonyl (C=O) groups excluding carboxylic acids is 1. The fourth-order valence-corrected chi connectivity index (χ4v) is 2.69. The molecule has 1 atom stereocenters. The van der Waals surface area contributed by atoms with Crippen LogP contribution in [0.15, 0.2) is 34.9 Å². The fraction of sp³-hybridized carbons (Fsp3) is 0.375. The third kappa shape index (κ3) is 3.01. The first-order valence-corrected chi connectivity index (χ1v) is 7.30. The number of aliphatic hydroxyl groups is 1. The van der Waals surface area contributed by atoms with Gasteiger partial charge in [0.2, 0.25) is 0 Å². The highest BCUT2D eigenvalue weighted by Crippen LogP contribution is 2.23. The summed E-state index contributed by atoms with van der Waals surface area (Å²) in [5.41, 5.74) is 0.901. The maximum Gasteiger partial charge on any atom is 0.276 e. The number of halogens is 1. The SMILES string of the molecule is O=C(c1cc(-c2ccc(F)cc2)on1)N1CCCC(CO)C1. The average Bonchev–Trinajstić information content (AvgIpc) is 3.05. The Bertz CT molecular complexity index is 654. The Morgan fingerprint density at radius 2 is 2.18 bits per heavy atom. The highest BCUT2D eigenvalue weighted by atomic mass is 19.1. The summed E-state index contributed by atoms with van der Waals surface area (Å²) in [5, 5.41) is 13.1. The van der Waals surface area contributed by atoms with Gasteiger partial charge in [0.1, 0.15) is 5.82 Å². The van der Waals surface area contributed by atoms with Crippen LogP contribution in [0.5, 0.6) is 0 Å². The number of amides is 1. The molecule has 6 heteroatoms. The number of hydrogen-bond donors (Lipinski definition) is 1. The molecule has 5 nitrogen and oxygen atoms in total. The molecule has 1 fully saturated rings. The Labute approximate surface area is 127 Å². The molecule has 1 unspecified atom stereocenters. The van der Waals surface area contributed by atoms with Crippen molar-refractivity contribution in [3.05, 3.63) is 41.8 Å². The van der Waals surface area contributed by atoms with Gasteiger partial charge in [0, 0.05) is 31.3 Å². The number of carbonyl (C=O) groups is 1. The van der Waals surface area contributed by atoms with Crippen LogP contribution in [0.1, 0.15) is 23.3 Å². The quantitative estimate of drug-likeness (QED) is 0.945. The Morgan fingerprint density at radius 3 is 2.91 bits per heavy atom. The van der Waals surface area contributed by atoms with Crippen LogP contribution in [0.25, 0.3) is 11.3 Å². The molecule has 2 heterocycles. The second kappa shape index (κ2) is 6.27. The van der Waals surface area contributed by atoms with Gasteiger partial charge in [0.25, 0.3) is 5.91 Å². The second-order valence-electron chi connectivity index (χ2n) is 5.53. The lowest BCUT2D eigenvalue weighted by Gasteiger charge is -2.31. The largest absolute Gasteiger partial charge is 0.396 e. The Hall–Kier alpha value is -2.21. The Balaban J connectivity index is 1.75. The van der Waals surface area contributed by atoms with E-state index in [4.69, 9.17) is 4.52 Å². The number of rotatable bonds is 3. The number of aromatic nitrogens is 1. The molecule has 1 aromatic carbocycles. The fourth-order valence-electron chi connectivity index (χ4n) is 2.69. The maximum atomic E-state index is 12.9. The molecule has 116 valence electrons. The van der Waals surface area contributed by atoms with Gasteiger partial charge < -0.3 is 14.5 Å². The topological polar surface area (TPSA) is 66.6 Å². The van der Waals surface area contributed by atoms with E-state index in [9.17, 15) is 14.3 Å². The van der Waals surface area contributed by atoms with E-state index in [2.05, 4.69) is 5.16 Å². The van der Waals surface area contributed by atoms with E-state index in [1.54, 1.807) is 23.1 Å². The molecule has 22 heavy (non-hydrogen) atoms. The molecule has 1 saturated heterocycles. The molecule has 3 rings (SSSR count). The minimum atomic E-state index is -0.331. The molecule has 0 bridgehead atoms. The van der Waals surface area contributed by atoms with Gasteiger partial charge in [-0.05, 0) is 43.0 Å². The summed E-state index contributed by atoms with van der Waals surface area (Å²) in [6, 6.07) is 7.38. The number of hydrogen-bond acceptors (Lipinski definition) is 4. The summed E-state index contributed by atoms with van der Waals surface area (Å²) >= 11 is 0. The van der Waals surface area contributed by atoms with Crippen LogP contribution in [0.2, 0.25) is 0 Å². The van der Waals surface area contributed by atoms with Gasteiger partial charge in [-0.3, -0.25) is 4.79 Å². The number of likely N-dealkylation sites (tertiary alicyclic amines) is 1. The lowest BCUT2D eigenvalue weighted by atomic mass is 9.99. The van der Waals surface area contributed by atoms with Crippen LogP contribution in [0, 0.1) is 11.7 Å². The zero-order valence-electron chi connectivity index (χ0n) is 12.0. The minimum Gasteiger partial charge on any atom is -0.396 e. The van der Waals surface area contributed by atoms with Crippen molar-refractivity contribution in [2.24, 2.45) is 5.92 Å². The second-order valence-corrected chi connectivity index (χ2v) is 5.53. The Kier molecular flexibility index (Phi) is 4.20. The molecule has 1 N–H and O–H groups in total. The molecule has 0 saturated carbocycles. The average molecular weight is 304 g/mol. The smallest absolute Gasteiger partial charge is 0.276 e. The molecule has 2 aromatic rings. The zero-order valence-corrected chi connectivity index (χ0v) is 12.0. The highest BCUT2D eigenvalue weighted by Gasteiger charge is 2.26. The van der Waals surface area contributed by atoms with Crippen molar-refractivity contribution in [1.82, 2.24) is 10.1 Å². The number of aliphatic hydroxyl groups excluding tert-OH is 1. The van der Waals surface area contributed by atoms with Gasteiger partial charge in [0.05, 0.1) is 0 Å². The van der Waals surface area contributed by atoms with Gasteiger partial charge in [-0.2, -0.15) is 0 Å². The van der Waals surface area contributed by atoms with Crippen molar-refractivity contribution in [2.75, 3.05) is 19.7 Å². The predicted octanol–water partition coefficient (Wildman–Crippen LogP) is 2.33. The third-order valence-electron chi connectivity index (χ3n) is 3.92. The van der Waals surface area contributed by atoms with E-state index < -0.39 is 0 Å². The Morgan fingerprint density at radius 1 is 1.41 bits per heavy atom. The number of benzene rings is 1.